The summed E-state index contributed by atoms with van der Waals surface area (Å²) < 4.78 is 0. The lowest BCUT2D eigenvalue weighted by molar-refractivity contribution is 0.0996. The standard InChI is InChI=1S/C18H19ClN6OS/c19-10-2-1-3-12-9(10)6-13(23-12)16-17(18(21)26)22-7-15(25-16)24-14-8-27-5-4-11(14)20/h1-3,6-7,11,14,23H,4-5,8,20H2,(H2,21,26)(H,24,25). The van der Waals surface area contributed by atoms with E-state index in [0.29, 0.717) is 22.2 Å². The number of aromatic amines is 1. The maximum absolute atomic E-state index is 11.9. The van der Waals surface area contributed by atoms with Crippen molar-refractivity contribution < 1.29 is 4.79 Å². The number of nitrogens with zero attached hydrogens (tertiary/aromatic N) is 2. The van der Waals surface area contributed by atoms with E-state index in [4.69, 9.17) is 23.1 Å². The highest BCUT2D eigenvalue weighted by molar-refractivity contribution is 7.99. The van der Waals surface area contributed by atoms with Crippen molar-refractivity contribution in [2.24, 2.45) is 11.5 Å². The number of carbonyl (C=O) groups is 1. The number of nitrogens with one attached hydrogen (secondary N) is 2. The summed E-state index contributed by atoms with van der Waals surface area (Å²) in [6.45, 7) is 0. The van der Waals surface area contributed by atoms with Crippen LogP contribution in [0.25, 0.3) is 22.3 Å². The molecule has 1 saturated heterocycles. The van der Waals surface area contributed by atoms with Crippen LogP contribution >= 0.6 is 23.4 Å². The number of aromatic nitrogens is 3. The van der Waals surface area contributed by atoms with E-state index in [0.717, 1.165) is 28.8 Å². The van der Waals surface area contributed by atoms with Gasteiger partial charge in [0.25, 0.3) is 5.91 Å². The van der Waals surface area contributed by atoms with Gasteiger partial charge in [0.15, 0.2) is 5.69 Å². The summed E-state index contributed by atoms with van der Waals surface area (Å²) in [5.41, 5.74) is 13.7. The maximum Gasteiger partial charge on any atom is 0.269 e. The van der Waals surface area contributed by atoms with Crippen molar-refractivity contribution in [1.29, 1.82) is 0 Å². The Morgan fingerprint density at radius 2 is 2.26 bits per heavy atom. The molecule has 0 aliphatic carbocycles. The third-order valence-corrected chi connectivity index (χ3v) is 6.06. The number of nitrogens with two attached hydrogens (primary N) is 2. The molecule has 0 radical (unpaired) electrons. The van der Waals surface area contributed by atoms with Gasteiger partial charge in [0, 0.05) is 27.7 Å². The minimum Gasteiger partial charge on any atom is -0.364 e. The molecule has 4 rings (SSSR count). The quantitative estimate of drug-likeness (QED) is 0.532. The highest BCUT2D eigenvalue weighted by atomic mass is 35.5. The van der Waals surface area contributed by atoms with E-state index in [1.165, 1.54) is 6.20 Å². The largest absolute Gasteiger partial charge is 0.364 e. The molecule has 2 atom stereocenters. The molecule has 1 aliphatic heterocycles. The number of rotatable bonds is 4. The van der Waals surface area contributed by atoms with Crippen LogP contribution in [0, 0.1) is 0 Å². The van der Waals surface area contributed by atoms with E-state index in [-0.39, 0.29) is 17.8 Å². The number of primary amides is 1. The summed E-state index contributed by atoms with van der Waals surface area (Å²) in [7, 11) is 0. The lowest BCUT2D eigenvalue weighted by Gasteiger charge is -2.29. The topological polar surface area (TPSA) is 123 Å². The summed E-state index contributed by atoms with van der Waals surface area (Å²) in [5, 5.41) is 4.80. The van der Waals surface area contributed by atoms with Crippen LogP contribution in [0.4, 0.5) is 5.82 Å². The number of hydrogen-bond acceptors (Lipinski definition) is 6. The lowest BCUT2D eigenvalue weighted by atomic mass is 10.1. The Kier molecular flexibility index (Phi) is 4.94. The molecule has 1 aromatic carbocycles. The van der Waals surface area contributed by atoms with Gasteiger partial charge in [0.2, 0.25) is 0 Å². The lowest BCUT2D eigenvalue weighted by Crippen LogP contribution is -2.45. The molecule has 140 valence electrons. The highest BCUT2D eigenvalue weighted by Crippen LogP contribution is 2.30. The van der Waals surface area contributed by atoms with Crippen molar-refractivity contribution in [3.8, 4) is 11.4 Å². The number of thioether (sulfide) groups is 1. The Hall–Kier alpha value is -2.29. The number of amides is 1. The second-order valence-corrected chi connectivity index (χ2v) is 8.04. The summed E-state index contributed by atoms with van der Waals surface area (Å²) in [6.07, 6.45) is 2.47. The molecule has 0 spiro atoms. The molecule has 27 heavy (non-hydrogen) atoms. The molecule has 3 aromatic rings. The maximum atomic E-state index is 11.9. The van der Waals surface area contributed by atoms with Crippen molar-refractivity contribution in [3.63, 3.8) is 0 Å². The van der Waals surface area contributed by atoms with Gasteiger partial charge in [-0.15, -0.1) is 0 Å². The smallest absolute Gasteiger partial charge is 0.269 e. The summed E-state index contributed by atoms with van der Waals surface area (Å²) >= 11 is 8.11. The molecule has 7 nitrogen and oxygen atoms in total. The number of halogens is 1. The van der Waals surface area contributed by atoms with E-state index in [1.807, 2.05) is 36.0 Å². The minimum absolute atomic E-state index is 0.0548. The van der Waals surface area contributed by atoms with Crippen LogP contribution in [-0.4, -0.2) is 44.4 Å². The van der Waals surface area contributed by atoms with Crippen LogP contribution in [0.2, 0.25) is 5.02 Å². The second kappa shape index (κ2) is 7.38. The molecule has 9 heteroatoms. The van der Waals surface area contributed by atoms with Crippen LogP contribution in [0.3, 0.4) is 0 Å². The molecule has 2 unspecified atom stereocenters. The third-order valence-electron chi connectivity index (χ3n) is 4.61. The zero-order valence-electron chi connectivity index (χ0n) is 14.4. The van der Waals surface area contributed by atoms with Gasteiger partial charge in [-0.05, 0) is 30.4 Å². The number of benzene rings is 1. The van der Waals surface area contributed by atoms with E-state index >= 15 is 0 Å². The first-order chi connectivity index (χ1) is 13.0. The van der Waals surface area contributed by atoms with Gasteiger partial charge in [0.1, 0.15) is 11.5 Å². The average molecular weight is 403 g/mol. The minimum atomic E-state index is -0.640. The van der Waals surface area contributed by atoms with E-state index < -0.39 is 5.91 Å². The summed E-state index contributed by atoms with van der Waals surface area (Å²) in [5.74, 6) is 1.88. The van der Waals surface area contributed by atoms with Gasteiger partial charge in [0.05, 0.1) is 17.9 Å². The van der Waals surface area contributed by atoms with Gasteiger partial charge in [-0.25, -0.2) is 9.97 Å². The molecule has 3 heterocycles. The third kappa shape index (κ3) is 3.60. The predicted octanol–water partition coefficient (Wildman–Crippen LogP) is 2.62. The number of fused-ring (bicyclic) bond motifs is 1. The fourth-order valence-corrected chi connectivity index (χ4v) is 4.58. The molecular weight excluding hydrogens is 384 g/mol. The second-order valence-electron chi connectivity index (χ2n) is 6.48. The van der Waals surface area contributed by atoms with Gasteiger partial charge in [-0.1, -0.05) is 17.7 Å². The van der Waals surface area contributed by atoms with Crippen molar-refractivity contribution >= 4 is 46.0 Å². The average Bonchev–Trinajstić information content (AvgIpc) is 3.09. The Balaban J connectivity index is 1.75. The molecule has 1 amide bonds. The molecule has 2 aromatic heterocycles. The van der Waals surface area contributed by atoms with Crippen LogP contribution < -0.4 is 16.8 Å². The normalized spacial score (nSPS) is 19.9. The summed E-state index contributed by atoms with van der Waals surface area (Å²) in [6, 6.07) is 7.57. The highest BCUT2D eigenvalue weighted by Gasteiger charge is 2.24. The molecular formula is C18H19ClN6OS. The van der Waals surface area contributed by atoms with Gasteiger partial charge < -0.3 is 21.8 Å². The number of hydrogen-bond donors (Lipinski definition) is 4. The van der Waals surface area contributed by atoms with Gasteiger partial charge in [-0.2, -0.15) is 11.8 Å². The first-order valence-electron chi connectivity index (χ1n) is 8.57. The molecule has 1 fully saturated rings. The Morgan fingerprint density at radius 1 is 1.41 bits per heavy atom. The fourth-order valence-electron chi connectivity index (χ4n) is 3.17. The van der Waals surface area contributed by atoms with E-state index in [2.05, 4.69) is 20.3 Å². The Bertz CT molecular complexity index is 1010. The van der Waals surface area contributed by atoms with Crippen molar-refractivity contribution in [2.45, 2.75) is 18.5 Å². The number of H-pyrrole nitrogens is 1. The molecule has 0 bridgehead atoms. The predicted molar refractivity (Wildman–Crippen MR) is 110 cm³/mol. The molecule has 6 N–H and O–H groups in total. The SMILES string of the molecule is NC(=O)c1ncc(NC2CSCCC2N)nc1-c1cc2c(Cl)cccc2[nH]1. The first kappa shape index (κ1) is 18.1. The monoisotopic (exact) mass is 402 g/mol. The molecule has 0 saturated carbocycles. The Morgan fingerprint density at radius 3 is 3.00 bits per heavy atom. The zero-order chi connectivity index (χ0) is 19.0. The molecule has 1 aliphatic rings. The van der Waals surface area contributed by atoms with Crippen molar-refractivity contribution in [3.05, 3.63) is 41.2 Å². The van der Waals surface area contributed by atoms with Crippen LogP contribution in [-0.2, 0) is 0 Å². The van der Waals surface area contributed by atoms with Gasteiger partial charge >= 0.3 is 0 Å². The van der Waals surface area contributed by atoms with Crippen LogP contribution in [0.1, 0.15) is 16.9 Å². The van der Waals surface area contributed by atoms with Gasteiger partial charge in [-0.3, -0.25) is 4.79 Å². The first-order valence-corrected chi connectivity index (χ1v) is 10.1. The number of anilines is 1. The zero-order valence-corrected chi connectivity index (χ0v) is 16.0. The summed E-state index contributed by atoms with van der Waals surface area (Å²) in [4.78, 5) is 23.9. The van der Waals surface area contributed by atoms with E-state index in [1.54, 1.807) is 0 Å². The Labute approximate surface area is 165 Å². The van der Waals surface area contributed by atoms with Crippen molar-refractivity contribution in [1.82, 2.24) is 15.0 Å². The van der Waals surface area contributed by atoms with Crippen LogP contribution in [0.15, 0.2) is 30.5 Å². The fraction of sp³-hybridized carbons (Fsp3) is 0.278. The van der Waals surface area contributed by atoms with Crippen molar-refractivity contribution in [2.75, 3.05) is 16.8 Å². The van der Waals surface area contributed by atoms with Crippen LogP contribution in [0.5, 0.6) is 0 Å². The van der Waals surface area contributed by atoms with E-state index in [9.17, 15) is 4.79 Å². The number of carbonyl (C=O) groups excluding carboxylic acids is 1.